The van der Waals surface area contributed by atoms with Gasteiger partial charge in [0.15, 0.2) is 0 Å². The second kappa shape index (κ2) is 9.35. The van der Waals surface area contributed by atoms with E-state index in [9.17, 15) is 16.8 Å². The normalized spacial score (nSPS) is 20.3. The van der Waals surface area contributed by atoms with Crippen LogP contribution in [0.1, 0.15) is 17.5 Å². The minimum absolute atomic E-state index is 0.00445. The number of likely N-dealkylation sites (tertiary alicyclic amines) is 1. The van der Waals surface area contributed by atoms with Gasteiger partial charge in [-0.1, -0.05) is 35.3 Å². The molecule has 31 heavy (non-hydrogen) atoms. The van der Waals surface area contributed by atoms with E-state index in [0.717, 1.165) is 11.1 Å². The smallest absolute Gasteiger partial charge is 0.298 e. The number of likely N-dealkylation sites (N-methyl/N-ethyl adjacent to an activating group) is 1. The lowest BCUT2D eigenvalue weighted by molar-refractivity contribution is 0.215. The summed E-state index contributed by atoms with van der Waals surface area (Å²) in [5.74, 6) is 0. The Hall–Kier alpha value is -1.20. The number of sulfonamides is 1. The zero-order valence-corrected chi connectivity index (χ0v) is 20.4. The number of nitrogens with one attached hydrogen (secondary N) is 1. The number of rotatable bonds is 7. The summed E-state index contributed by atoms with van der Waals surface area (Å²) >= 11 is 12.2. The molecular formula is C20H24Cl2N2O5S2. The molecule has 1 fully saturated rings. The Morgan fingerprint density at radius 3 is 2.10 bits per heavy atom. The molecule has 0 radical (unpaired) electrons. The highest BCUT2D eigenvalue weighted by Crippen LogP contribution is 2.28. The van der Waals surface area contributed by atoms with E-state index in [-0.39, 0.29) is 32.4 Å². The zero-order valence-electron chi connectivity index (χ0n) is 17.3. The molecule has 3 rings (SSSR count). The summed E-state index contributed by atoms with van der Waals surface area (Å²) in [4.78, 5) is 1.78. The van der Waals surface area contributed by atoms with Crippen LogP contribution in [0.3, 0.4) is 0 Å². The number of halogens is 2. The van der Waals surface area contributed by atoms with E-state index in [1.165, 1.54) is 12.1 Å². The summed E-state index contributed by atoms with van der Waals surface area (Å²) in [6.07, 6.45) is -0.284. The van der Waals surface area contributed by atoms with Gasteiger partial charge in [0.2, 0.25) is 10.0 Å². The van der Waals surface area contributed by atoms with E-state index in [2.05, 4.69) is 4.72 Å². The molecule has 2 aromatic rings. The van der Waals surface area contributed by atoms with E-state index in [4.69, 9.17) is 27.4 Å². The fourth-order valence-electron chi connectivity index (χ4n) is 3.48. The first-order chi connectivity index (χ1) is 14.4. The molecule has 1 aliphatic heterocycles. The van der Waals surface area contributed by atoms with Crippen molar-refractivity contribution < 1.29 is 21.0 Å². The molecule has 0 saturated carbocycles. The lowest BCUT2D eigenvalue weighted by Gasteiger charge is -2.19. The van der Waals surface area contributed by atoms with E-state index >= 15 is 0 Å². The minimum atomic E-state index is -4.05. The van der Waals surface area contributed by atoms with Crippen molar-refractivity contribution in [2.75, 3.05) is 20.1 Å². The fourth-order valence-corrected chi connectivity index (χ4v) is 6.81. The summed E-state index contributed by atoms with van der Waals surface area (Å²) in [6.45, 7) is 4.06. The summed E-state index contributed by atoms with van der Waals surface area (Å²) in [5.41, 5.74) is 1.69. The van der Waals surface area contributed by atoms with Gasteiger partial charge in [-0.25, -0.2) is 13.1 Å². The van der Waals surface area contributed by atoms with Gasteiger partial charge in [0, 0.05) is 19.1 Å². The Balaban J connectivity index is 1.65. The molecule has 170 valence electrons. The molecule has 7 nitrogen and oxygen atoms in total. The average molecular weight is 507 g/mol. The third kappa shape index (κ3) is 5.78. The van der Waals surface area contributed by atoms with Gasteiger partial charge in [-0.3, -0.25) is 9.08 Å². The maximum atomic E-state index is 12.6. The fraction of sp³-hybridized carbons (Fsp3) is 0.400. The van der Waals surface area contributed by atoms with Crippen LogP contribution in [0.2, 0.25) is 10.0 Å². The molecule has 1 heterocycles. The van der Waals surface area contributed by atoms with Gasteiger partial charge in [-0.2, -0.15) is 8.42 Å². The quantitative estimate of drug-likeness (QED) is 0.578. The van der Waals surface area contributed by atoms with Crippen LogP contribution in [0, 0.1) is 13.8 Å². The first-order valence-corrected chi connectivity index (χ1v) is 13.2. The topological polar surface area (TPSA) is 92.8 Å². The molecule has 0 aromatic heterocycles. The van der Waals surface area contributed by atoms with Crippen molar-refractivity contribution in [3.8, 4) is 0 Å². The van der Waals surface area contributed by atoms with E-state index in [0.29, 0.717) is 13.0 Å². The summed E-state index contributed by atoms with van der Waals surface area (Å²) in [7, 11) is -6.07. The Labute approximate surface area is 193 Å². The van der Waals surface area contributed by atoms with Gasteiger partial charge in [0.25, 0.3) is 10.1 Å². The van der Waals surface area contributed by atoms with Crippen LogP contribution in [0.5, 0.6) is 0 Å². The van der Waals surface area contributed by atoms with Crippen molar-refractivity contribution in [1.29, 1.82) is 0 Å². The molecule has 1 N–H and O–H groups in total. The zero-order chi connectivity index (χ0) is 23.0. The molecule has 2 atom stereocenters. The number of benzene rings is 2. The van der Waals surface area contributed by atoms with Crippen molar-refractivity contribution >= 4 is 43.3 Å². The molecule has 0 amide bonds. The lowest BCUT2D eigenvalue weighted by Crippen LogP contribution is -2.38. The van der Waals surface area contributed by atoms with Crippen LogP contribution in [0.15, 0.2) is 46.2 Å². The molecule has 1 saturated heterocycles. The van der Waals surface area contributed by atoms with Gasteiger partial charge in [0.1, 0.15) is 9.79 Å². The van der Waals surface area contributed by atoms with Crippen LogP contribution < -0.4 is 4.72 Å². The van der Waals surface area contributed by atoms with E-state index in [1.54, 1.807) is 31.3 Å². The summed E-state index contributed by atoms with van der Waals surface area (Å²) in [6, 6.07) is 9.11. The predicted molar refractivity (Wildman–Crippen MR) is 121 cm³/mol. The van der Waals surface area contributed by atoms with Crippen LogP contribution >= 0.6 is 23.2 Å². The highest BCUT2D eigenvalue weighted by atomic mass is 35.5. The maximum absolute atomic E-state index is 12.6. The summed E-state index contributed by atoms with van der Waals surface area (Å²) in [5, 5.41) is 0.250. The van der Waals surface area contributed by atoms with E-state index in [1.807, 2.05) is 18.7 Å². The SMILES string of the molecule is Cc1ccc(S(=O)(=O)NC[C@@H]2C[C@@H](OS(=O)(=O)c3ccc(C)cc3Cl)CN2C)c(Cl)c1. The third-order valence-corrected chi connectivity index (χ3v) is 8.91. The minimum Gasteiger partial charge on any atom is -0.299 e. The van der Waals surface area contributed by atoms with Gasteiger partial charge in [0.05, 0.1) is 16.1 Å². The number of hydrogen-bond acceptors (Lipinski definition) is 6. The van der Waals surface area contributed by atoms with E-state index < -0.39 is 26.2 Å². The Morgan fingerprint density at radius 2 is 1.55 bits per heavy atom. The van der Waals surface area contributed by atoms with Crippen LogP contribution in [-0.2, 0) is 24.3 Å². The largest absolute Gasteiger partial charge is 0.299 e. The molecule has 11 heteroatoms. The van der Waals surface area contributed by atoms with Gasteiger partial charge in [-0.05, 0) is 62.7 Å². The van der Waals surface area contributed by atoms with Gasteiger partial charge in [-0.15, -0.1) is 0 Å². The Bertz CT molecular complexity index is 1190. The van der Waals surface area contributed by atoms with Crippen molar-refractivity contribution in [2.45, 2.75) is 42.2 Å². The standard InChI is InChI=1S/C20H24Cl2N2O5S2/c1-13-4-6-19(17(21)8-13)30(25,26)23-11-15-10-16(12-24(15)3)29-31(27,28)20-7-5-14(2)9-18(20)22/h4-9,15-16,23H,10-12H2,1-3H3/t15-,16+/m0/s1. The average Bonchev–Trinajstić information content (AvgIpc) is 2.97. The van der Waals surface area contributed by atoms with Crippen LogP contribution in [0.4, 0.5) is 0 Å². The maximum Gasteiger partial charge on any atom is 0.298 e. The predicted octanol–water partition coefficient (Wildman–Crippen LogP) is 3.37. The molecule has 0 bridgehead atoms. The van der Waals surface area contributed by atoms with Crippen LogP contribution in [-0.4, -0.2) is 54.0 Å². The first-order valence-electron chi connectivity index (χ1n) is 9.54. The first kappa shape index (κ1) is 24.4. The molecule has 2 aromatic carbocycles. The van der Waals surface area contributed by atoms with Crippen molar-refractivity contribution in [3.05, 3.63) is 57.6 Å². The number of aryl methyl sites for hydroxylation is 2. The molecular weight excluding hydrogens is 483 g/mol. The highest BCUT2D eigenvalue weighted by molar-refractivity contribution is 7.89. The van der Waals surface area contributed by atoms with Crippen molar-refractivity contribution in [1.82, 2.24) is 9.62 Å². The second-order valence-corrected chi connectivity index (χ2v) is 11.8. The molecule has 0 unspecified atom stereocenters. The molecule has 0 aliphatic carbocycles. The third-order valence-electron chi connectivity index (χ3n) is 5.16. The molecule has 0 spiro atoms. The van der Waals surface area contributed by atoms with Crippen molar-refractivity contribution in [3.63, 3.8) is 0 Å². The van der Waals surface area contributed by atoms with Crippen molar-refractivity contribution in [2.24, 2.45) is 0 Å². The van der Waals surface area contributed by atoms with Gasteiger partial charge >= 0.3 is 0 Å². The van der Waals surface area contributed by atoms with Crippen LogP contribution in [0.25, 0.3) is 0 Å². The monoisotopic (exact) mass is 506 g/mol. The molecule has 1 aliphatic rings. The Kier molecular flexibility index (Phi) is 7.37. The lowest BCUT2D eigenvalue weighted by atomic mass is 10.2. The number of nitrogens with zero attached hydrogens (tertiary/aromatic N) is 1. The summed E-state index contributed by atoms with van der Waals surface area (Å²) < 4.78 is 58.5. The van der Waals surface area contributed by atoms with Gasteiger partial charge < -0.3 is 0 Å². The Morgan fingerprint density at radius 1 is 1.00 bits per heavy atom. The second-order valence-electron chi connectivity index (χ2n) is 7.72. The number of hydrogen-bond donors (Lipinski definition) is 1. The highest BCUT2D eigenvalue weighted by Gasteiger charge is 2.35.